The average Bonchev–Trinajstić information content (AvgIpc) is 3.28. The first-order valence-corrected chi connectivity index (χ1v) is 14.1. The Bertz CT molecular complexity index is 1020. The third-order valence-electron chi connectivity index (χ3n) is 7.92. The van der Waals surface area contributed by atoms with Crippen LogP contribution in [0, 0.1) is 23.2 Å². The fourth-order valence-corrected chi connectivity index (χ4v) is 8.84. The van der Waals surface area contributed by atoms with E-state index in [-0.39, 0.29) is 23.8 Å². The van der Waals surface area contributed by atoms with Crippen molar-refractivity contribution in [2.45, 2.75) is 58.4 Å². The van der Waals surface area contributed by atoms with Crippen LogP contribution in [0.1, 0.15) is 66.2 Å². The number of amides is 2. The third kappa shape index (κ3) is 3.53. The van der Waals surface area contributed by atoms with Gasteiger partial charge in [-0.15, -0.1) is 11.3 Å². The molecule has 2 heterocycles. The number of fused-ring (bicyclic) bond motifs is 1. The third-order valence-corrected chi connectivity index (χ3v) is 10.3. The van der Waals surface area contributed by atoms with Crippen molar-refractivity contribution >= 4 is 38.2 Å². The van der Waals surface area contributed by atoms with E-state index in [1.807, 2.05) is 6.92 Å². The molecule has 4 aliphatic carbocycles. The minimum Gasteiger partial charge on any atom is -0.352 e. The van der Waals surface area contributed by atoms with Crippen molar-refractivity contribution in [3.63, 3.8) is 0 Å². The van der Waals surface area contributed by atoms with E-state index in [9.17, 15) is 18.0 Å². The van der Waals surface area contributed by atoms with Crippen LogP contribution in [-0.2, 0) is 27.8 Å². The van der Waals surface area contributed by atoms with Gasteiger partial charge in [0, 0.05) is 24.5 Å². The summed E-state index contributed by atoms with van der Waals surface area (Å²) in [7, 11) is -3.30. The largest absolute Gasteiger partial charge is 0.352 e. The van der Waals surface area contributed by atoms with Gasteiger partial charge < -0.3 is 10.6 Å². The van der Waals surface area contributed by atoms with Crippen LogP contribution in [-0.4, -0.2) is 43.9 Å². The van der Waals surface area contributed by atoms with E-state index < -0.39 is 10.0 Å². The van der Waals surface area contributed by atoms with Crippen LogP contribution < -0.4 is 10.6 Å². The monoisotopic (exact) mass is 465 g/mol. The van der Waals surface area contributed by atoms with Gasteiger partial charge in [0.05, 0.1) is 17.2 Å². The molecule has 1 aliphatic heterocycles. The Kier molecular flexibility index (Phi) is 5.22. The van der Waals surface area contributed by atoms with Crippen LogP contribution >= 0.6 is 11.3 Å². The lowest BCUT2D eigenvalue weighted by Gasteiger charge is -2.31. The zero-order valence-corrected chi connectivity index (χ0v) is 19.8. The second-order valence-corrected chi connectivity index (χ2v) is 13.1. The lowest BCUT2D eigenvalue weighted by molar-refractivity contribution is -0.127. The smallest absolute Gasteiger partial charge is 0.254 e. The number of rotatable bonds is 6. The van der Waals surface area contributed by atoms with Gasteiger partial charge in [-0.25, -0.2) is 8.42 Å². The quantitative estimate of drug-likeness (QED) is 0.675. The molecule has 9 heteroatoms. The van der Waals surface area contributed by atoms with Gasteiger partial charge in [0.25, 0.3) is 5.91 Å². The van der Waals surface area contributed by atoms with Crippen LogP contribution in [0.15, 0.2) is 0 Å². The summed E-state index contributed by atoms with van der Waals surface area (Å²) in [6.45, 7) is 3.20. The van der Waals surface area contributed by atoms with Gasteiger partial charge >= 0.3 is 0 Å². The summed E-state index contributed by atoms with van der Waals surface area (Å²) in [4.78, 5) is 27.5. The van der Waals surface area contributed by atoms with Crippen LogP contribution in [0.3, 0.4) is 0 Å². The molecule has 2 unspecified atom stereocenters. The average molecular weight is 466 g/mol. The highest BCUT2D eigenvalue weighted by molar-refractivity contribution is 7.88. The Morgan fingerprint density at radius 3 is 2.55 bits per heavy atom. The SMILES string of the molecule is CCCNC(=O)c1c(NC(=O)C23CC4CC(CC2C4)C3)sc2c1CCN(S(C)(=O)=O)C2. The lowest BCUT2D eigenvalue weighted by Crippen LogP contribution is -2.38. The normalized spacial score (nSPS) is 31.6. The number of hydrogen-bond acceptors (Lipinski definition) is 5. The van der Waals surface area contributed by atoms with Gasteiger partial charge in [-0.3, -0.25) is 9.59 Å². The molecule has 7 nitrogen and oxygen atoms in total. The molecule has 31 heavy (non-hydrogen) atoms. The predicted octanol–water partition coefficient (Wildman–Crippen LogP) is 2.97. The van der Waals surface area contributed by atoms with E-state index in [1.54, 1.807) is 0 Å². The predicted molar refractivity (Wildman–Crippen MR) is 121 cm³/mol. The number of thiophene rings is 1. The zero-order valence-electron chi connectivity index (χ0n) is 18.2. The lowest BCUT2D eigenvalue weighted by atomic mass is 9.75. The van der Waals surface area contributed by atoms with Gasteiger partial charge in [0.15, 0.2) is 0 Å². The first-order chi connectivity index (χ1) is 14.7. The minimum atomic E-state index is -3.30. The van der Waals surface area contributed by atoms with Crippen LogP contribution in [0.2, 0.25) is 0 Å². The highest BCUT2D eigenvalue weighted by atomic mass is 32.2. The number of sulfonamides is 1. The fraction of sp³-hybridized carbons (Fsp3) is 0.727. The highest BCUT2D eigenvalue weighted by Crippen LogP contribution is 2.65. The van der Waals surface area contributed by atoms with Crippen molar-refractivity contribution in [1.29, 1.82) is 0 Å². The van der Waals surface area contributed by atoms with Gasteiger partial charge in [-0.05, 0) is 68.3 Å². The number of carbonyl (C=O) groups excluding carboxylic acids is 2. The summed E-state index contributed by atoms with van der Waals surface area (Å²) in [5, 5.41) is 6.72. The fourth-order valence-electron chi connectivity index (χ4n) is 6.71. The molecule has 1 aromatic rings. The molecular formula is C22H31N3O4S2. The van der Waals surface area contributed by atoms with Crippen molar-refractivity contribution in [3.8, 4) is 0 Å². The standard InChI is InChI=1S/C22H31N3O4S2/c1-3-5-23-19(26)18-16-4-6-25(31(2,28)29)12-17(16)30-20(18)24-21(27)22-10-13-7-14(11-22)9-15(22)8-13/h13-15H,3-12H2,1-2H3,(H,23,26)(H,24,27). The summed E-state index contributed by atoms with van der Waals surface area (Å²) >= 11 is 1.37. The van der Waals surface area contributed by atoms with Gasteiger partial charge in [-0.2, -0.15) is 4.31 Å². The molecule has 2 amide bonds. The van der Waals surface area contributed by atoms with Crippen molar-refractivity contribution in [2.24, 2.45) is 23.2 Å². The Morgan fingerprint density at radius 1 is 1.19 bits per heavy atom. The molecule has 0 spiro atoms. The second-order valence-electron chi connectivity index (χ2n) is 9.96. The maximum absolute atomic E-state index is 13.6. The van der Waals surface area contributed by atoms with Gasteiger partial charge in [0.2, 0.25) is 15.9 Å². The van der Waals surface area contributed by atoms with Gasteiger partial charge in [-0.1, -0.05) is 6.92 Å². The second kappa shape index (κ2) is 7.56. The van der Waals surface area contributed by atoms with E-state index in [1.165, 1.54) is 28.3 Å². The van der Waals surface area contributed by atoms with E-state index in [4.69, 9.17) is 0 Å². The Balaban J connectivity index is 1.46. The number of anilines is 1. The van der Waals surface area contributed by atoms with E-state index in [0.717, 1.165) is 42.5 Å². The molecule has 4 saturated carbocycles. The number of nitrogens with zero attached hydrogens (tertiary/aromatic N) is 1. The molecule has 1 aromatic heterocycles. The molecule has 0 radical (unpaired) electrons. The summed E-state index contributed by atoms with van der Waals surface area (Å²) in [5.41, 5.74) is 1.17. The van der Waals surface area contributed by atoms with Crippen LogP contribution in [0.25, 0.3) is 0 Å². The summed E-state index contributed by atoms with van der Waals surface area (Å²) in [6.07, 6.45) is 8.08. The van der Waals surface area contributed by atoms with Crippen LogP contribution in [0.5, 0.6) is 0 Å². The molecule has 0 aromatic carbocycles. The van der Waals surface area contributed by atoms with Crippen molar-refractivity contribution in [2.75, 3.05) is 24.7 Å². The van der Waals surface area contributed by atoms with Crippen molar-refractivity contribution in [3.05, 3.63) is 16.0 Å². The van der Waals surface area contributed by atoms with Crippen LogP contribution in [0.4, 0.5) is 5.00 Å². The molecule has 4 fully saturated rings. The zero-order chi connectivity index (χ0) is 22.0. The molecule has 2 atom stereocenters. The summed E-state index contributed by atoms with van der Waals surface area (Å²) in [5.74, 6) is 1.73. The maximum Gasteiger partial charge on any atom is 0.254 e. The number of nitrogens with one attached hydrogen (secondary N) is 2. The van der Waals surface area contributed by atoms with Crippen molar-refractivity contribution in [1.82, 2.24) is 9.62 Å². The van der Waals surface area contributed by atoms with E-state index >= 15 is 0 Å². The molecular weight excluding hydrogens is 434 g/mol. The number of carbonyl (C=O) groups is 2. The maximum atomic E-state index is 13.6. The number of hydrogen-bond donors (Lipinski definition) is 2. The molecule has 170 valence electrons. The first-order valence-electron chi connectivity index (χ1n) is 11.4. The van der Waals surface area contributed by atoms with Gasteiger partial charge in [0.1, 0.15) is 5.00 Å². The molecule has 5 aliphatic rings. The van der Waals surface area contributed by atoms with E-state index in [2.05, 4.69) is 10.6 Å². The minimum absolute atomic E-state index is 0.0744. The Labute approximate surface area is 188 Å². The van der Waals surface area contributed by atoms with Crippen molar-refractivity contribution < 1.29 is 18.0 Å². The summed E-state index contributed by atoms with van der Waals surface area (Å²) < 4.78 is 25.6. The Morgan fingerprint density at radius 2 is 1.90 bits per heavy atom. The summed E-state index contributed by atoms with van der Waals surface area (Å²) in [6, 6.07) is 0. The first kappa shape index (κ1) is 21.4. The highest BCUT2D eigenvalue weighted by Gasteiger charge is 2.61. The Hall–Kier alpha value is -1.45. The topological polar surface area (TPSA) is 95.6 Å². The van der Waals surface area contributed by atoms with E-state index in [0.29, 0.717) is 47.8 Å². The molecule has 0 saturated heterocycles. The molecule has 6 rings (SSSR count). The molecule has 2 N–H and O–H groups in total. The molecule has 4 bridgehead atoms.